The van der Waals surface area contributed by atoms with Gasteiger partial charge in [-0.2, -0.15) is 0 Å². The standard InChI is InChI=1S/C13H19BINS2/c1-9(2)16-10-6-4-3-5-7-13(14,15)8-11(10)18-12(16)17/h9H,3-8H2,1-2H3. The van der Waals surface area contributed by atoms with E-state index in [0.717, 1.165) is 23.2 Å². The summed E-state index contributed by atoms with van der Waals surface area (Å²) in [7, 11) is 6.42. The highest BCUT2D eigenvalue weighted by molar-refractivity contribution is 14.1. The molecule has 1 unspecified atom stereocenters. The average Bonchev–Trinajstić information content (AvgIpc) is 2.54. The van der Waals surface area contributed by atoms with E-state index in [4.69, 9.17) is 20.1 Å². The minimum atomic E-state index is -0.0989. The second-order valence-electron chi connectivity index (χ2n) is 5.47. The van der Waals surface area contributed by atoms with Gasteiger partial charge in [-0.15, -0.1) is 11.3 Å². The third-order valence-electron chi connectivity index (χ3n) is 3.50. The van der Waals surface area contributed by atoms with Crippen molar-refractivity contribution < 1.29 is 0 Å². The predicted molar refractivity (Wildman–Crippen MR) is 91.9 cm³/mol. The number of halogens is 1. The van der Waals surface area contributed by atoms with Gasteiger partial charge in [0, 0.05) is 16.6 Å². The van der Waals surface area contributed by atoms with Crippen LogP contribution in [-0.4, -0.2) is 15.7 Å². The molecule has 1 aromatic heterocycles. The van der Waals surface area contributed by atoms with Gasteiger partial charge in [0.15, 0.2) is 3.95 Å². The van der Waals surface area contributed by atoms with Gasteiger partial charge < -0.3 is 4.57 Å². The van der Waals surface area contributed by atoms with E-state index in [1.807, 2.05) is 0 Å². The zero-order chi connectivity index (χ0) is 13.3. The molecule has 98 valence electrons. The van der Waals surface area contributed by atoms with Crippen LogP contribution in [0.3, 0.4) is 0 Å². The monoisotopic (exact) mass is 391 g/mol. The molecule has 18 heavy (non-hydrogen) atoms. The van der Waals surface area contributed by atoms with Crippen molar-refractivity contribution in [2.75, 3.05) is 0 Å². The molecular weight excluding hydrogens is 372 g/mol. The van der Waals surface area contributed by atoms with Gasteiger partial charge in [0.05, 0.1) is 7.85 Å². The van der Waals surface area contributed by atoms with Crippen LogP contribution in [0, 0.1) is 3.95 Å². The van der Waals surface area contributed by atoms with Crippen LogP contribution in [0.1, 0.15) is 56.1 Å². The molecule has 1 aliphatic rings. The second-order valence-corrected chi connectivity index (χ2v) is 9.35. The largest absolute Gasteiger partial charge is 0.324 e. The van der Waals surface area contributed by atoms with Crippen molar-refractivity contribution in [3.63, 3.8) is 0 Å². The van der Waals surface area contributed by atoms with Crippen LogP contribution in [-0.2, 0) is 12.8 Å². The quantitative estimate of drug-likeness (QED) is 0.288. The summed E-state index contributed by atoms with van der Waals surface area (Å²) < 4.78 is 3.26. The normalized spacial score (nSPS) is 25.3. The minimum Gasteiger partial charge on any atom is -0.324 e. The van der Waals surface area contributed by atoms with Gasteiger partial charge in [-0.25, -0.2) is 0 Å². The number of rotatable bonds is 1. The van der Waals surface area contributed by atoms with Crippen molar-refractivity contribution in [3.05, 3.63) is 14.5 Å². The van der Waals surface area contributed by atoms with Gasteiger partial charge in [-0.1, -0.05) is 35.4 Å². The zero-order valence-corrected chi connectivity index (χ0v) is 14.8. The first-order chi connectivity index (χ1) is 8.41. The van der Waals surface area contributed by atoms with Gasteiger partial charge in [0.25, 0.3) is 0 Å². The van der Waals surface area contributed by atoms with Gasteiger partial charge in [-0.3, -0.25) is 0 Å². The molecule has 0 spiro atoms. The number of alkyl halides is 1. The van der Waals surface area contributed by atoms with Gasteiger partial charge in [-0.05, 0) is 55.1 Å². The second kappa shape index (κ2) is 5.96. The lowest BCUT2D eigenvalue weighted by Gasteiger charge is -2.22. The summed E-state index contributed by atoms with van der Waals surface area (Å²) in [5.74, 6) is 0. The SMILES string of the molecule is [B]C1(I)CCCCCc2c(sc(=S)n2C(C)C)C1. The summed E-state index contributed by atoms with van der Waals surface area (Å²) in [6, 6.07) is 0.458. The van der Waals surface area contributed by atoms with E-state index >= 15 is 0 Å². The van der Waals surface area contributed by atoms with Crippen molar-refractivity contribution in [2.45, 2.75) is 61.7 Å². The van der Waals surface area contributed by atoms with Crippen LogP contribution >= 0.6 is 46.1 Å². The first kappa shape index (κ1) is 15.0. The summed E-state index contributed by atoms with van der Waals surface area (Å²) in [5.41, 5.74) is 1.45. The van der Waals surface area contributed by atoms with Crippen LogP contribution in [0.25, 0.3) is 0 Å². The highest BCUT2D eigenvalue weighted by Crippen LogP contribution is 2.35. The van der Waals surface area contributed by atoms with E-state index in [9.17, 15) is 0 Å². The molecule has 1 aromatic rings. The maximum absolute atomic E-state index is 6.42. The molecule has 1 heterocycles. The molecule has 0 bridgehead atoms. The van der Waals surface area contributed by atoms with Gasteiger partial charge >= 0.3 is 0 Å². The van der Waals surface area contributed by atoms with Crippen LogP contribution in [0.4, 0.5) is 0 Å². The lowest BCUT2D eigenvalue weighted by Crippen LogP contribution is -2.23. The summed E-state index contributed by atoms with van der Waals surface area (Å²) in [6.07, 6.45) is 7.03. The molecule has 1 atom stereocenters. The molecular formula is C13H19BINS2. The predicted octanol–water partition coefficient (Wildman–Crippen LogP) is 4.82. The fourth-order valence-electron chi connectivity index (χ4n) is 2.62. The average molecular weight is 391 g/mol. The maximum atomic E-state index is 6.42. The zero-order valence-electron chi connectivity index (χ0n) is 11.0. The Balaban J connectivity index is 2.45. The number of hydrogen-bond donors (Lipinski definition) is 0. The van der Waals surface area contributed by atoms with Crippen molar-refractivity contribution in [2.24, 2.45) is 0 Å². The summed E-state index contributed by atoms with van der Waals surface area (Å²) in [4.78, 5) is 1.42. The number of aromatic nitrogens is 1. The third kappa shape index (κ3) is 3.39. The summed E-state index contributed by atoms with van der Waals surface area (Å²) >= 11 is 9.73. The smallest absolute Gasteiger partial charge is 0.161 e. The first-order valence-electron chi connectivity index (χ1n) is 6.61. The summed E-state index contributed by atoms with van der Waals surface area (Å²) in [5, 5.41) is 0. The van der Waals surface area contributed by atoms with E-state index in [0.29, 0.717) is 6.04 Å². The number of thiazole rings is 1. The Morgan fingerprint density at radius 2 is 2.11 bits per heavy atom. The Labute approximate surface area is 134 Å². The van der Waals surface area contributed by atoms with Crippen molar-refractivity contribution >= 4 is 54.0 Å². The Kier molecular flexibility index (Phi) is 4.98. The molecule has 5 heteroatoms. The number of fused-ring (bicyclic) bond motifs is 1. The number of nitrogens with zero attached hydrogens (tertiary/aromatic N) is 1. The van der Waals surface area contributed by atoms with E-state index in [2.05, 4.69) is 41.0 Å². The van der Waals surface area contributed by atoms with Crippen LogP contribution in [0.2, 0.25) is 0 Å². The highest BCUT2D eigenvalue weighted by atomic mass is 127. The summed E-state index contributed by atoms with van der Waals surface area (Å²) in [6.45, 7) is 4.43. The highest BCUT2D eigenvalue weighted by Gasteiger charge is 2.25. The van der Waals surface area contributed by atoms with Gasteiger partial charge in [0.1, 0.15) is 0 Å². The molecule has 2 radical (unpaired) electrons. The van der Waals surface area contributed by atoms with Crippen molar-refractivity contribution in [1.82, 2.24) is 4.57 Å². The van der Waals surface area contributed by atoms with E-state index in [1.54, 1.807) is 11.3 Å². The molecule has 2 rings (SSSR count). The third-order valence-corrected chi connectivity index (χ3v) is 5.86. The molecule has 0 aromatic carbocycles. The van der Waals surface area contributed by atoms with Crippen LogP contribution in [0.15, 0.2) is 0 Å². The molecule has 0 aliphatic heterocycles. The van der Waals surface area contributed by atoms with Crippen molar-refractivity contribution in [3.8, 4) is 0 Å². The Bertz CT molecular complexity index is 476. The Morgan fingerprint density at radius 1 is 1.39 bits per heavy atom. The molecule has 1 nitrogen and oxygen atoms in total. The maximum Gasteiger partial charge on any atom is 0.161 e. The van der Waals surface area contributed by atoms with Crippen LogP contribution < -0.4 is 0 Å². The topological polar surface area (TPSA) is 4.93 Å². The molecule has 0 amide bonds. The molecule has 0 fully saturated rings. The minimum absolute atomic E-state index is 0.0989. The van der Waals surface area contributed by atoms with Crippen LogP contribution in [0.5, 0.6) is 0 Å². The fourth-order valence-corrected chi connectivity index (χ4v) is 5.54. The van der Waals surface area contributed by atoms with E-state index < -0.39 is 0 Å². The first-order valence-corrected chi connectivity index (χ1v) is 8.92. The lowest BCUT2D eigenvalue weighted by atomic mass is 9.80. The Morgan fingerprint density at radius 3 is 2.78 bits per heavy atom. The molecule has 0 N–H and O–H groups in total. The molecule has 1 aliphatic carbocycles. The Hall–Kier alpha value is 0.645. The van der Waals surface area contributed by atoms with E-state index in [1.165, 1.54) is 29.8 Å². The molecule has 0 saturated heterocycles. The van der Waals surface area contributed by atoms with Crippen molar-refractivity contribution in [1.29, 1.82) is 0 Å². The fraction of sp³-hybridized carbons (Fsp3) is 0.769. The number of hydrogen-bond acceptors (Lipinski definition) is 2. The van der Waals surface area contributed by atoms with E-state index in [-0.39, 0.29) is 3.32 Å². The molecule has 0 saturated carbocycles. The lowest BCUT2D eigenvalue weighted by molar-refractivity contribution is 0.557. The van der Waals surface area contributed by atoms with Gasteiger partial charge in [0.2, 0.25) is 0 Å².